The summed E-state index contributed by atoms with van der Waals surface area (Å²) in [5.41, 5.74) is 1.28. The summed E-state index contributed by atoms with van der Waals surface area (Å²) in [6.07, 6.45) is 3.43. The molecule has 1 aliphatic heterocycles. The highest BCUT2D eigenvalue weighted by atomic mass is 32.2. The van der Waals surface area contributed by atoms with Crippen LogP contribution in [0.4, 0.5) is 5.69 Å². The van der Waals surface area contributed by atoms with E-state index >= 15 is 0 Å². The van der Waals surface area contributed by atoms with Crippen LogP contribution in [-0.4, -0.2) is 24.7 Å². The van der Waals surface area contributed by atoms with Gasteiger partial charge in [0, 0.05) is 29.6 Å². The lowest BCUT2D eigenvalue weighted by molar-refractivity contribution is -0.117. The van der Waals surface area contributed by atoms with Gasteiger partial charge < -0.3 is 9.64 Å². The summed E-state index contributed by atoms with van der Waals surface area (Å²) < 4.78 is 5.43. The van der Waals surface area contributed by atoms with Gasteiger partial charge in [-0.1, -0.05) is 6.07 Å². The molecule has 0 N–H and O–H groups in total. The van der Waals surface area contributed by atoms with Crippen molar-refractivity contribution in [2.45, 2.75) is 17.7 Å². The summed E-state index contributed by atoms with van der Waals surface area (Å²) in [4.78, 5) is 26.8. The summed E-state index contributed by atoms with van der Waals surface area (Å²) in [7, 11) is 0. The summed E-state index contributed by atoms with van der Waals surface area (Å²) in [6, 6.07) is 14.4. The van der Waals surface area contributed by atoms with Crippen LogP contribution >= 0.6 is 11.8 Å². The van der Waals surface area contributed by atoms with Gasteiger partial charge in [-0.25, -0.2) is 4.79 Å². The van der Waals surface area contributed by atoms with Crippen LogP contribution in [0.15, 0.2) is 53.4 Å². The van der Waals surface area contributed by atoms with Crippen LogP contribution in [-0.2, 0) is 4.79 Å². The molecule has 0 bridgehead atoms. The molecule has 0 atom stereocenters. The van der Waals surface area contributed by atoms with Gasteiger partial charge in [0.15, 0.2) is 0 Å². The second-order valence-electron chi connectivity index (χ2n) is 5.26. The monoisotopic (exact) mass is 327 g/mol. The van der Waals surface area contributed by atoms with Crippen molar-refractivity contribution in [3.63, 3.8) is 0 Å². The van der Waals surface area contributed by atoms with E-state index in [0.29, 0.717) is 24.3 Å². The molecule has 0 saturated carbocycles. The molecule has 0 aliphatic carbocycles. The second kappa shape index (κ2) is 6.87. The highest BCUT2D eigenvalue weighted by Gasteiger charge is 2.22. The predicted molar refractivity (Wildman–Crippen MR) is 91.2 cm³/mol. The molecule has 2 aromatic rings. The van der Waals surface area contributed by atoms with E-state index in [1.807, 2.05) is 24.5 Å². The maximum absolute atomic E-state index is 12.2. The molecule has 5 heteroatoms. The van der Waals surface area contributed by atoms with Gasteiger partial charge in [0.1, 0.15) is 5.75 Å². The molecule has 0 aromatic heterocycles. The Morgan fingerprint density at radius 2 is 1.96 bits per heavy atom. The number of ether oxygens (including phenoxy) is 1. The van der Waals surface area contributed by atoms with Crippen molar-refractivity contribution in [3.8, 4) is 5.75 Å². The maximum atomic E-state index is 12.2. The molecule has 118 valence electrons. The molecule has 1 fully saturated rings. The minimum absolute atomic E-state index is 0.112. The fourth-order valence-electron chi connectivity index (χ4n) is 2.53. The highest BCUT2D eigenvalue weighted by molar-refractivity contribution is 7.98. The smallest absolute Gasteiger partial charge is 0.343 e. The fourth-order valence-corrected chi connectivity index (χ4v) is 2.94. The van der Waals surface area contributed by atoms with Gasteiger partial charge in [-0.3, -0.25) is 4.79 Å². The van der Waals surface area contributed by atoms with Crippen molar-refractivity contribution in [1.29, 1.82) is 0 Å². The first-order valence-corrected chi connectivity index (χ1v) is 8.66. The van der Waals surface area contributed by atoms with E-state index in [1.54, 1.807) is 47.0 Å². The van der Waals surface area contributed by atoms with Gasteiger partial charge in [-0.05, 0) is 49.1 Å². The number of rotatable bonds is 4. The summed E-state index contributed by atoms with van der Waals surface area (Å²) in [5, 5.41) is 0. The lowest BCUT2D eigenvalue weighted by Crippen LogP contribution is -2.23. The van der Waals surface area contributed by atoms with Gasteiger partial charge in [-0.15, -0.1) is 11.8 Å². The Balaban J connectivity index is 1.74. The first-order chi connectivity index (χ1) is 11.2. The number of nitrogens with zero attached hydrogens (tertiary/aromatic N) is 1. The Kier molecular flexibility index (Phi) is 4.67. The summed E-state index contributed by atoms with van der Waals surface area (Å²) in [6.45, 7) is 0.715. The van der Waals surface area contributed by atoms with Gasteiger partial charge in [-0.2, -0.15) is 0 Å². The van der Waals surface area contributed by atoms with E-state index in [4.69, 9.17) is 4.74 Å². The number of anilines is 1. The molecule has 0 unspecified atom stereocenters. The largest absolute Gasteiger partial charge is 0.423 e. The molecule has 0 radical (unpaired) electrons. The Bertz CT molecular complexity index is 727. The molecule has 1 amide bonds. The Morgan fingerprint density at radius 1 is 1.17 bits per heavy atom. The normalized spacial score (nSPS) is 14.1. The van der Waals surface area contributed by atoms with Crippen molar-refractivity contribution in [1.82, 2.24) is 0 Å². The van der Waals surface area contributed by atoms with Crippen molar-refractivity contribution in [2.24, 2.45) is 0 Å². The number of benzene rings is 2. The number of esters is 1. The van der Waals surface area contributed by atoms with Crippen LogP contribution in [0.2, 0.25) is 0 Å². The maximum Gasteiger partial charge on any atom is 0.343 e. The number of thioether (sulfide) groups is 1. The van der Waals surface area contributed by atoms with E-state index in [9.17, 15) is 9.59 Å². The minimum Gasteiger partial charge on any atom is -0.423 e. The lowest BCUT2D eigenvalue weighted by atomic mass is 10.2. The van der Waals surface area contributed by atoms with Crippen LogP contribution < -0.4 is 9.64 Å². The van der Waals surface area contributed by atoms with Gasteiger partial charge in [0.25, 0.3) is 0 Å². The molecule has 2 aromatic carbocycles. The topological polar surface area (TPSA) is 46.6 Å². The number of carbonyl (C=O) groups excluding carboxylic acids is 2. The quantitative estimate of drug-likeness (QED) is 0.487. The zero-order valence-corrected chi connectivity index (χ0v) is 13.6. The number of carbonyl (C=O) groups is 2. The molecule has 23 heavy (non-hydrogen) atoms. The van der Waals surface area contributed by atoms with E-state index in [2.05, 4.69) is 0 Å². The first-order valence-electron chi connectivity index (χ1n) is 7.44. The molecule has 0 spiro atoms. The second-order valence-corrected chi connectivity index (χ2v) is 6.14. The van der Waals surface area contributed by atoms with Gasteiger partial charge >= 0.3 is 5.97 Å². The SMILES string of the molecule is CSc1ccc(C(=O)Oc2cccc(N3CCCC3=O)c2)cc1. The van der Waals surface area contributed by atoms with Crippen molar-refractivity contribution in [2.75, 3.05) is 17.7 Å². The lowest BCUT2D eigenvalue weighted by Gasteiger charge is -2.16. The van der Waals surface area contributed by atoms with Crippen LogP contribution in [0.1, 0.15) is 23.2 Å². The molecule has 4 nitrogen and oxygen atoms in total. The van der Waals surface area contributed by atoms with Crippen molar-refractivity contribution < 1.29 is 14.3 Å². The molecule has 1 aliphatic rings. The minimum atomic E-state index is -0.400. The zero-order chi connectivity index (χ0) is 16.2. The van der Waals surface area contributed by atoms with Crippen LogP contribution in [0, 0.1) is 0 Å². The fraction of sp³-hybridized carbons (Fsp3) is 0.222. The highest BCUT2D eigenvalue weighted by Crippen LogP contribution is 2.26. The third-order valence-corrected chi connectivity index (χ3v) is 4.48. The van der Waals surface area contributed by atoms with E-state index in [0.717, 1.165) is 17.0 Å². The summed E-state index contributed by atoms with van der Waals surface area (Å²) in [5.74, 6) is 0.157. The van der Waals surface area contributed by atoms with E-state index in [1.165, 1.54) is 0 Å². The molecule has 1 saturated heterocycles. The summed E-state index contributed by atoms with van der Waals surface area (Å²) >= 11 is 1.62. The Morgan fingerprint density at radius 3 is 2.61 bits per heavy atom. The average Bonchev–Trinajstić information content (AvgIpc) is 3.01. The Hall–Kier alpha value is -2.27. The van der Waals surface area contributed by atoms with E-state index in [-0.39, 0.29) is 5.91 Å². The average molecular weight is 327 g/mol. The van der Waals surface area contributed by atoms with E-state index < -0.39 is 5.97 Å². The standard InChI is InChI=1S/C18H17NO3S/c1-23-16-9-7-13(8-10-16)18(21)22-15-5-2-4-14(12-15)19-11-3-6-17(19)20/h2,4-5,7-10,12H,3,6,11H2,1H3. The van der Waals surface area contributed by atoms with Crippen LogP contribution in [0.5, 0.6) is 5.75 Å². The Labute approximate surface area is 139 Å². The molecule has 3 rings (SSSR count). The third kappa shape index (κ3) is 3.56. The number of hydrogen-bond acceptors (Lipinski definition) is 4. The first kappa shape index (κ1) is 15.6. The molecule has 1 heterocycles. The molecular weight excluding hydrogens is 310 g/mol. The van der Waals surface area contributed by atoms with Crippen LogP contribution in [0.25, 0.3) is 0 Å². The zero-order valence-electron chi connectivity index (χ0n) is 12.8. The number of amides is 1. The van der Waals surface area contributed by atoms with Gasteiger partial charge in [0.2, 0.25) is 5.91 Å². The third-order valence-electron chi connectivity index (χ3n) is 3.74. The molecular formula is C18H17NO3S. The van der Waals surface area contributed by atoms with Crippen molar-refractivity contribution >= 4 is 29.3 Å². The van der Waals surface area contributed by atoms with Crippen molar-refractivity contribution in [3.05, 3.63) is 54.1 Å². The van der Waals surface area contributed by atoms with Gasteiger partial charge in [0.05, 0.1) is 5.56 Å². The number of hydrogen-bond donors (Lipinski definition) is 0. The van der Waals surface area contributed by atoms with Crippen LogP contribution in [0.3, 0.4) is 0 Å². The predicted octanol–water partition coefficient (Wildman–Crippen LogP) is 3.75.